The van der Waals surface area contributed by atoms with E-state index in [4.69, 9.17) is 10.5 Å². The van der Waals surface area contributed by atoms with E-state index in [2.05, 4.69) is 24.0 Å². The van der Waals surface area contributed by atoms with Gasteiger partial charge in [0.1, 0.15) is 12.4 Å². The van der Waals surface area contributed by atoms with Gasteiger partial charge in [-0.2, -0.15) is 10.2 Å². The van der Waals surface area contributed by atoms with Gasteiger partial charge in [0.2, 0.25) is 0 Å². The van der Waals surface area contributed by atoms with E-state index in [-0.39, 0.29) is 5.56 Å². The van der Waals surface area contributed by atoms with Crippen molar-refractivity contribution < 1.29 is 4.74 Å². The lowest BCUT2D eigenvalue weighted by Gasteiger charge is -2.08. The van der Waals surface area contributed by atoms with Crippen molar-refractivity contribution >= 4 is 0 Å². The van der Waals surface area contributed by atoms with Crippen LogP contribution in [0.4, 0.5) is 0 Å². The molecule has 7 heteroatoms. The van der Waals surface area contributed by atoms with Crippen LogP contribution in [-0.4, -0.2) is 32.7 Å². The number of aromatic nitrogens is 4. The highest BCUT2D eigenvalue weighted by Crippen LogP contribution is 2.09. The first-order valence-electron chi connectivity index (χ1n) is 7.08. The number of hydrogen-bond donors (Lipinski definition) is 1. The van der Waals surface area contributed by atoms with Crippen molar-refractivity contribution in [2.45, 2.75) is 32.9 Å². The molecule has 1 unspecified atom stereocenters. The van der Waals surface area contributed by atoms with Crippen LogP contribution in [0.5, 0.6) is 5.75 Å². The smallest absolute Gasteiger partial charge is 0.270 e. The SMILES string of the molecule is CCC(C)n1ccc(Cn2ncc(OCCN)cc2=O)n1. The molecule has 0 fully saturated rings. The Hall–Kier alpha value is -2.15. The Morgan fingerprint density at radius 3 is 2.95 bits per heavy atom. The average Bonchev–Trinajstić information content (AvgIpc) is 2.95. The summed E-state index contributed by atoms with van der Waals surface area (Å²) in [7, 11) is 0. The third kappa shape index (κ3) is 3.91. The van der Waals surface area contributed by atoms with E-state index in [1.807, 2.05) is 16.9 Å². The van der Waals surface area contributed by atoms with Gasteiger partial charge >= 0.3 is 0 Å². The van der Waals surface area contributed by atoms with E-state index < -0.39 is 0 Å². The maximum absolute atomic E-state index is 12.0. The van der Waals surface area contributed by atoms with Crippen LogP contribution in [0.2, 0.25) is 0 Å². The quantitative estimate of drug-likeness (QED) is 0.815. The molecule has 0 saturated carbocycles. The summed E-state index contributed by atoms with van der Waals surface area (Å²) in [6, 6.07) is 3.66. The highest BCUT2D eigenvalue weighted by molar-refractivity contribution is 5.14. The second-order valence-electron chi connectivity index (χ2n) is 4.87. The van der Waals surface area contributed by atoms with Crippen molar-refractivity contribution in [1.82, 2.24) is 19.6 Å². The normalized spacial score (nSPS) is 12.3. The molecule has 0 aliphatic heterocycles. The van der Waals surface area contributed by atoms with Crippen molar-refractivity contribution in [1.29, 1.82) is 0 Å². The molecular weight excluding hydrogens is 270 g/mol. The summed E-state index contributed by atoms with van der Waals surface area (Å²) in [5.41, 5.74) is 5.93. The third-order valence-corrected chi connectivity index (χ3v) is 3.25. The molecule has 2 aromatic rings. The predicted octanol–water partition coefficient (Wildman–Crippen LogP) is 0.797. The number of ether oxygens (including phenoxy) is 1. The number of rotatable bonds is 7. The molecule has 21 heavy (non-hydrogen) atoms. The van der Waals surface area contributed by atoms with E-state index >= 15 is 0 Å². The fourth-order valence-electron chi connectivity index (χ4n) is 1.84. The van der Waals surface area contributed by atoms with Crippen molar-refractivity contribution in [2.24, 2.45) is 5.73 Å². The first-order chi connectivity index (χ1) is 10.1. The number of nitrogens with two attached hydrogens (primary N) is 1. The van der Waals surface area contributed by atoms with E-state index in [1.54, 1.807) is 0 Å². The van der Waals surface area contributed by atoms with E-state index in [0.29, 0.717) is 31.5 Å². The second kappa shape index (κ2) is 7.03. The molecule has 7 nitrogen and oxygen atoms in total. The van der Waals surface area contributed by atoms with Crippen LogP contribution in [0.15, 0.2) is 29.3 Å². The first kappa shape index (κ1) is 15.2. The molecule has 114 valence electrons. The largest absolute Gasteiger partial charge is 0.490 e. The van der Waals surface area contributed by atoms with Gasteiger partial charge in [-0.25, -0.2) is 4.68 Å². The van der Waals surface area contributed by atoms with Gasteiger partial charge in [-0.1, -0.05) is 6.92 Å². The third-order valence-electron chi connectivity index (χ3n) is 3.25. The summed E-state index contributed by atoms with van der Waals surface area (Å²) in [4.78, 5) is 12.0. The lowest BCUT2D eigenvalue weighted by Crippen LogP contribution is -2.23. The minimum atomic E-state index is -0.220. The first-order valence-corrected chi connectivity index (χ1v) is 7.08. The molecule has 0 saturated heterocycles. The van der Waals surface area contributed by atoms with Crippen molar-refractivity contribution in [3.63, 3.8) is 0 Å². The Morgan fingerprint density at radius 1 is 1.48 bits per heavy atom. The standard InChI is InChI=1S/C14H21N5O2/c1-3-11(2)18-6-4-12(17-18)10-19-14(20)8-13(9-16-19)21-7-5-15/h4,6,8-9,11H,3,5,7,10,15H2,1-2H3. The lowest BCUT2D eigenvalue weighted by atomic mass is 10.3. The van der Waals surface area contributed by atoms with Crippen LogP contribution in [0, 0.1) is 0 Å². The molecule has 2 aromatic heterocycles. The van der Waals surface area contributed by atoms with Gasteiger partial charge in [0.05, 0.1) is 18.4 Å². The van der Waals surface area contributed by atoms with Crippen LogP contribution in [0.3, 0.4) is 0 Å². The van der Waals surface area contributed by atoms with Crippen molar-refractivity contribution in [3.05, 3.63) is 40.6 Å². The molecule has 0 aliphatic rings. The van der Waals surface area contributed by atoms with Crippen LogP contribution in [0.25, 0.3) is 0 Å². The highest BCUT2D eigenvalue weighted by atomic mass is 16.5. The van der Waals surface area contributed by atoms with E-state index in [9.17, 15) is 4.79 Å². The van der Waals surface area contributed by atoms with Crippen LogP contribution >= 0.6 is 0 Å². The molecule has 0 aliphatic carbocycles. The predicted molar refractivity (Wildman–Crippen MR) is 79.4 cm³/mol. The summed E-state index contributed by atoms with van der Waals surface area (Å²) in [6.07, 6.45) is 4.45. The minimum absolute atomic E-state index is 0.220. The number of nitrogens with zero attached hydrogens (tertiary/aromatic N) is 4. The minimum Gasteiger partial charge on any atom is -0.490 e. The molecule has 0 amide bonds. The molecular formula is C14H21N5O2. The van der Waals surface area contributed by atoms with E-state index in [0.717, 1.165) is 12.1 Å². The Bertz CT molecular complexity index is 634. The zero-order valence-corrected chi connectivity index (χ0v) is 12.4. The van der Waals surface area contributed by atoms with Gasteiger partial charge in [0.25, 0.3) is 5.56 Å². The summed E-state index contributed by atoms with van der Waals surface area (Å²) in [5, 5.41) is 8.55. The molecule has 2 heterocycles. The topological polar surface area (TPSA) is 88.0 Å². The molecule has 0 aromatic carbocycles. The van der Waals surface area contributed by atoms with E-state index in [1.165, 1.54) is 16.9 Å². The molecule has 2 rings (SSSR count). The average molecular weight is 291 g/mol. The Balaban J connectivity index is 2.09. The summed E-state index contributed by atoms with van der Waals surface area (Å²) in [5.74, 6) is 0.437. The zero-order valence-electron chi connectivity index (χ0n) is 12.4. The monoisotopic (exact) mass is 291 g/mol. The number of hydrogen-bond acceptors (Lipinski definition) is 5. The molecule has 0 bridgehead atoms. The van der Waals surface area contributed by atoms with Gasteiger partial charge in [0, 0.05) is 24.8 Å². The maximum atomic E-state index is 12.0. The van der Waals surface area contributed by atoms with Gasteiger partial charge in [-0.05, 0) is 19.4 Å². The zero-order chi connectivity index (χ0) is 15.2. The summed E-state index contributed by atoms with van der Waals surface area (Å²) >= 11 is 0. The van der Waals surface area contributed by atoms with Gasteiger partial charge in [-0.15, -0.1) is 0 Å². The van der Waals surface area contributed by atoms with Gasteiger partial charge in [-0.3, -0.25) is 9.48 Å². The van der Waals surface area contributed by atoms with Crippen LogP contribution in [0.1, 0.15) is 32.0 Å². The summed E-state index contributed by atoms with van der Waals surface area (Å²) < 4.78 is 8.53. The lowest BCUT2D eigenvalue weighted by molar-refractivity contribution is 0.324. The van der Waals surface area contributed by atoms with Crippen LogP contribution < -0.4 is 16.0 Å². The molecule has 1 atom stereocenters. The Kier molecular flexibility index (Phi) is 5.10. The fraction of sp³-hybridized carbons (Fsp3) is 0.500. The molecule has 0 spiro atoms. The summed E-state index contributed by atoms with van der Waals surface area (Å²) in [6.45, 7) is 5.32. The highest BCUT2D eigenvalue weighted by Gasteiger charge is 2.07. The maximum Gasteiger partial charge on any atom is 0.270 e. The molecule has 2 N–H and O–H groups in total. The van der Waals surface area contributed by atoms with Gasteiger partial charge < -0.3 is 10.5 Å². The van der Waals surface area contributed by atoms with Gasteiger partial charge in [0.15, 0.2) is 0 Å². The fourth-order valence-corrected chi connectivity index (χ4v) is 1.84. The van der Waals surface area contributed by atoms with Crippen molar-refractivity contribution in [3.8, 4) is 5.75 Å². The Labute approximate surface area is 123 Å². The second-order valence-corrected chi connectivity index (χ2v) is 4.87. The molecule has 0 radical (unpaired) electrons. The Morgan fingerprint density at radius 2 is 2.29 bits per heavy atom. The van der Waals surface area contributed by atoms with Crippen molar-refractivity contribution in [2.75, 3.05) is 13.2 Å². The van der Waals surface area contributed by atoms with Crippen LogP contribution in [-0.2, 0) is 6.54 Å².